The minimum Gasteiger partial charge on any atom is -0.503 e. The van der Waals surface area contributed by atoms with Crippen LogP contribution >= 0.6 is 0 Å². The van der Waals surface area contributed by atoms with Crippen LogP contribution in [-0.2, 0) is 10.9 Å². The first-order chi connectivity index (χ1) is 11.5. The highest BCUT2D eigenvalue weighted by Crippen LogP contribution is 2.38. The molecule has 1 N–H and O–H groups in total. The van der Waals surface area contributed by atoms with Gasteiger partial charge in [0.15, 0.2) is 15.5 Å². The first-order valence-electron chi connectivity index (χ1n) is 6.91. The maximum absolute atomic E-state index is 14.4. The molecule has 1 nitrogen and oxygen atoms in total. The molecule has 122 valence electrons. The topological polar surface area (TPSA) is 20.2 Å². The largest absolute Gasteiger partial charge is 0.503 e. The van der Waals surface area contributed by atoms with Crippen molar-refractivity contribution in [3.05, 3.63) is 83.9 Å². The standard InChI is InChI=1S/C18H10F4OS/c19-13-15(21)18(16(22)14(20)17(13)23)24(11-7-3-1-4-8-11)12-9-5-2-6-10-12/h1-10H/p+1. The second-order valence-corrected chi connectivity index (χ2v) is 6.83. The molecule has 0 heterocycles. The predicted molar refractivity (Wildman–Crippen MR) is 83.0 cm³/mol. The van der Waals surface area contributed by atoms with Crippen molar-refractivity contribution in [2.75, 3.05) is 0 Å². The number of rotatable bonds is 3. The van der Waals surface area contributed by atoms with Gasteiger partial charge >= 0.3 is 0 Å². The van der Waals surface area contributed by atoms with Gasteiger partial charge in [0, 0.05) is 0 Å². The van der Waals surface area contributed by atoms with Crippen LogP contribution in [0.2, 0.25) is 0 Å². The van der Waals surface area contributed by atoms with Crippen LogP contribution < -0.4 is 0 Å². The quantitative estimate of drug-likeness (QED) is 0.398. The summed E-state index contributed by atoms with van der Waals surface area (Å²) in [6.45, 7) is 0. The Labute approximate surface area is 138 Å². The highest BCUT2D eigenvalue weighted by molar-refractivity contribution is 7.97. The van der Waals surface area contributed by atoms with Gasteiger partial charge in [-0.25, -0.2) is 0 Å². The van der Waals surface area contributed by atoms with Crippen LogP contribution in [0.3, 0.4) is 0 Å². The molecule has 0 saturated heterocycles. The van der Waals surface area contributed by atoms with Crippen LogP contribution in [0.25, 0.3) is 0 Å². The summed E-state index contributed by atoms with van der Waals surface area (Å²) in [5.74, 6) is -8.44. The van der Waals surface area contributed by atoms with E-state index in [4.69, 9.17) is 0 Å². The molecule has 3 aromatic carbocycles. The lowest BCUT2D eigenvalue weighted by Crippen LogP contribution is -2.12. The van der Waals surface area contributed by atoms with Gasteiger partial charge in [-0.15, -0.1) is 0 Å². The minimum atomic E-state index is -1.80. The fourth-order valence-electron chi connectivity index (χ4n) is 2.26. The summed E-state index contributed by atoms with van der Waals surface area (Å²) in [5.41, 5.74) is 0. The summed E-state index contributed by atoms with van der Waals surface area (Å²) in [6, 6.07) is 16.6. The van der Waals surface area contributed by atoms with Crippen molar-refractivity contribution in [1.29, 1.82) is 0 Å². The lowest BCUT2D eigenvalue weighted by molar-refractivity contribution is 0.344. The maximum atomic E-state index is 14.4. The van der Waals surface area contributed by atoms with E-state index >= 15 is 0 Å². The second kappa shape index (κ2) is 6.57. The van der Waals surface area contributed by atoms with Crippen molar-refractivity contribution in [2.45, 2.75) is 14.7 Å². The van der Waals surface area contributed by atoms with Crippen molar-refractivity contribution in [3.63, 3.8) is 0 Å². The zero-order chi connectivity index (χ0) is 17.3. The summed E-state index contributed by atoms with van der Waals surface area (Å²) >= 11 is 0. The Bertz CT molecular complexity index is 801. The van der Waals surface area contributed by atoms with E-state index in [1.54, 1.807) is 60.7 Å². The molecule has 0 radical (unpaired) electrons. The Hall–Kier alpha value is -2.47. The summed E-state index contributed by atoms with van der Waals surface area (Å²) in [7, 11) is -1.41. The van der Waals surface area contributed by atoms with Gasteiger partial charge in [-0.05, 0) is 24.3 Å². The van der Waals surface area contributed by atoms with Gasteiger partial charge in [-0.3, -0.25) is 0 Å². The minimum absolute atomic E-state index is 0.492. The van der Waals surface area contributed by atoms with Crippen LogP contribution in [0.15, 0.2) is 75.4 Å². The van der Waals surface area contributed by atoms with Gasteiger partial charge in [-0.2, -0.15) is 17.6 Å². The van der Waals surface area contributed by atoms with Crippen LogP contribution in [0.4, 0.5) is 17.6 Å². The average molecular weight is 351 g/mol. The molecule has 3 aromatic rings. The normalized spacial score (nSPS) is 11.0. The van der Waals surface area contributed by atoms with Gasteiger partial charge in [0.2, 0.25) is 28.2 Å². The molecule has 0 aromatic heterocycles. The summed E-state index contributed by atoms with van der Waals surface area (Å²) < 4.78 is 56.4. The molecule has 0 spiro atoms. The number of phenols is 1. The molecule has 0 aliphatic heterocycles. The molecule has 6 heteroatoms. The Kier molecular flexibility index (Phi) is 4.49. The van der Waals surface area contributed by atoms with Crippen molar-refractivity contribution < 1.29 is 22.7 Å². The fraction of sp³-hybridized carbons (Fsp3) is 0. The predicted octanol–water partition coefficient (Wildman–Crippen LogP) is 5.04. The summed E-state index contributed by atoms with van der Waals surface area (Å²) in [5, 5.41) is 9.19. The van der Waals surface area contributed by atoms with Gasteiger partial charge in [0.05, 0.1) is 0 Å². The maximum Gasteiger partial charge on any atom is 0.244 e. The molecular weight excluding hydrogens is 340 g/mol. The highest BCUT2D eigenvalue weighted by atomic mass is 32.2. The number of phenolic OH excluding ortho intramolecular Hbond substituents is 1. The van der Waals surface area contributed by atoms with E-state index < -0.39 is 44.8 Å². The van der Waals surface area contributed by atoms with E-state index in [0.29, 0.717) is 9.79 Å². The third-order valence-electron chi connectivity index (χ3n) is 3.36. The Morgan fingerprint density at radius 3 is 1.33 bits per heavy atom. The van der Waals surface area contributed by atoms with E-state index in [9.17, 15) is 22.7 Å². The SMILES string of the molecule is Oc1c(F)c(F)c([S+](c2ccccc2)c2ccccc2)c(F)c1F. The molecule has 24 heavy (non-hydrogen) atoms. The molecule has 3 rings (SSSR count). The second-order valence-electron chi connectivity index (χ2n) is 4.87. The number of hydrogen-bond acceptors (Lipinski definition) is 1. The first kappa shape index (κ1) is 16.4. The van der Waals surface area contributed by atoms with Gasteiger partial charge in [0.1, 0.15) is 10.9 Å². The van der Waals surface area contributed by atoms with Crippen molar-refractivity contribution >= 4 is 10.9 Å². The number of hydrogen-bond donors (Lipinski definition) is 1. The van der Waals surface area contributed by atoms with Gasteiger partial charge in [0.25, 0.3) is 0 Å². The first-order valence-corrected chi connectivity index (χ1v) is 8.14. The van der Waals surface area contributed by atoms with Crippen LogP contribution in [0, 0.1) is 23.3 Å². The van der Waals surface area contributed by atoms with Gasteiger partial charge in [-0.1, -0.05) is 36.4 Å². The zero-order valence-corrected chi connectivity index (χ0v) is 13.0. The average Bonchev–Trinajstić information content (AvgIpc) is 2.63. The lowest BCUT2D eigenvalue weighted by atomic mass is 10.3. The van der Waals surface area contributed by atoms with Crippen LogP contribution in [-0.4, -0.2) is 5.11 Å². The lowest BCUT2D eigenvalue weighted by Gasteiger charge is -2.11. The van der Waals surface area contributed by atoms with Crippen molar-refractivity contribution in [1.82, 2.24) is 0 Å². The monoisotopic (exact) mass is 351 g/mol. The Morgan fingerprint density at radius 2 is 0.958 bits per heavy atom. The summed E-state index contributed by atoms with van der Waals surface area (Å²) in [4.78, 5) is 0.233. The highest BCUT2D eigenvalue weighted by Gasteiger charge is 2.40. The van der Waals surface area contributed by atoms with Crippen LogP contribution in [0.1, 0.15) is 0 Å². The van der Waals surface area contributed by atoms with E-state index in [2.05, 4.69) is 0 Å². The smallest absolute Gasteiger partial charge is 0.244 e. The van der Waals surface area contributed by atoms with E-state index in [-0.39, 0.29) is 0 Å². The molecular formula is C18H11F4OS+. The Morgan fingerprint density at radius 1 is 0.583 bits per heavy atom. The molecule has 0 atom stereocenters. The molecule has 0 aliphatic carbocycles. The number of benzene rings is 3. The molecule has 0 unspecified atom stereocenters. The third-order valence-corrected chi connectivity index (χ3v) is 5.62. The number of halogens is 4. The van der Waals surface area contributed by atoms with E-state index in [1.807, 2.05) is 0 Å². The third kappa shape index (κ3) is 2.73. The Balaban J connectivity index is 2.33. The van der Waals surface area contributed by atoms with Crippen molar-refractivity contribution in [2.24, 2.45) is 0 Å². The van der Waals surface area contributed by atoms with Crippen molar-refractivity contribution in [3.8, 4) is 5.75 Å². The zero-order valence-electron chi connectivity index (χ0n) is 12.1. The number of aromatic hydroxyl groups is 1. The van der Waals surface area contributed by atoms with E-state index in [0.717, 1.165) is 0 Å². The van der Waals surface area contributed by atoms with Crippen LogP contribution in [0.5, 0.6) is 5.75 Å². The van der Waals surface area contributed by atoms with E-state index in [1.165, 1.54) is 0 Å². The molecule has 0 aliphatic rings. The molecule has 0 fully saturated rings. The molecule has 0 saturated carbocycles. The summed E-state index contributed by atoms with van der Waals surface area (Å²) in [6.07, 6.45) is 0. The molecule has 0 bridgehead atoms. The van der Waals surface area contributed by atoms with Gasteiger partial charge < -0.3 is 5.11 Å². The molecule has 0 amide bonds. The fourth-order valence-corrected chi connectivity index (χ4v) is 4.40.